The lowest BCUT2D eigenvalue weighted by atomic mass is 10.0. The van der Waals surface area contributed by atoms with Gasteiger partial charge in [0.15, 0.2) is 0 Å². The second-order valence-corrected chi connectivity index (χ2v) is 12.8. The Morgan fingerprint density at radius 1 is 0.407 bits per heavy atom. The van der Waals surface area contributed by atoms with Gasteiger partial charge in [-0.05, 0) is 46.5 Å². The van der Waals surface area contributed by atoms with Gasteiger partial charge in [0, 0.05) is 23.1 Å². The molecule has 0 radical (unpaired) electrons. The van der Waals surface area contributed by atoms with E-state index in [1.165, 1.54) is 28.4 Å². The maximum atomic E-state index is 13.8. The van der Waals surface area contributed by atoms with E-state index in [1.807, 2.05) is 69.8 Å². The van der Waals surface area contributed by atoms with E-state index in [-0.39, 0.29) is 35.3 Å². The van der Waals surface area contributed by atoms with Gasteiger partial charge in [0.05, 0.1) is 51.2 Å². The number of carbonyl (C=O) groups excluding carboxylic acids is 4. The van der Waals surface area contributed by atoms with Crippen molar-refractivity contribution in [3.05, 3.63) is 141 Å². The Labute approximate surface area is 321 Å². The fourth-order valence-electron chi connectivity index (χ4n) is 6.70. The largest absolute Gasteiger partial charge is 0.465 e. The molecular weight excluding hydrogens is 731 g/mol. The first-order valence-electron chi connectivity index (χ1n) is 16.6. The molecule has 10 nitrogen and oxygen atoms in total. The molecule has 0 amide bonds. The lowest BCUT2D eigenvalue weighted by Gasteiger charge is -2.19. The molecule has 6 rings (SSSR count). The van der Waals surface area contributed by atoms with Gasteiger partial charge in [0.25, 0.3) is 0 Å². The number of hydrogen-bond acceptors (Lipinski definition) is 8. The number of hydrogen-bond donors (Lipinski definition) is 0. The van der Waals surface area contributed by atoms with Crippen molar-refractivity contribution >= 4 is 47.1 Å². The van der Waals surface area contributed by atoms with Crippen molar-refractivity contribution in [2.45, 2.75) is 13.1 Å². The van der Waals surface area contributed by atoms with E-state index in [0.29, 0.717) is 55.1 Å². The third-order valence-electron chi connectivity index (χ3n) is 8.96. The minimum Gasteiger partial charge on any atom is -0.465 e. The minimum absolute atomic E-state index is 0.000265. The van der Waals surface area contributed by atoms with Crippen LogP contribution >= 0.6 is 23.2 Å². The van der Waals surface area contributed by atoms with Crippen LogP contribution in [0.4, 0.5) is 0 Å². The summed E-state index contributed by atoms with van der Waals surface area (Å²) in [6.45, 7) is 0.166. The molecule has 274 valence electrons. The highest BCUT2D eigenvalue weighted by molar-refractivity contribution is 6.31. The van der Waals surface area contributed by atoms with E-state index in [1.54, 1.807) is 48.5 Å². The van der Waals surface area contributed by atoms with Crippen LogP contribution in [0.2, 0.25) is 10.0 Å². The third kappa shape index (κ3) is 7.01. The van der Waals surface area contributed by atoms with E-state index in [9.17, 15) is 19.2 Å². The van der Waals surface area contributed by atoms with Gasteiger partial charge >= 0.3 is 23.9 Å². The SMILES string of the molecule is COC(=O)c1c(C(=O)OC)c(-c2ccc(Cl)cc2)n(CCn2c(-c3ccccc3)c(C(=O)OC)c(C(=O)OC)c2-c2ccc(Cl)cc2)c1-c1ccccc1. The summed E-state index contributed by atoms with van der Waals surface area (Å²) in [6, 6.07) is 31.9. The van der Waals surface area contributed by atoms with Crippen molar-refractivity contribution in [2.75, 3.05) is 28.4 Å². The summed E-state index contributed by atoms with van der Waals surface area (Å²) in [5, 5.41) is 0.928. The number of esters is 4. The summed E-state index contributed by atoms with van der Waals surface area (Å²) < 4.78 is 24.8. The molecule has 0 unspecified atom stereocenters. The van der Waals surface area contributed by atoms with Crippen LogP contribution in [0.15, 0.2) is 109 Å². The molecule has 12 heteroatoms. The Balaban J connectivity index is 1.73. The minimum atomic E-state index is -0.759. The molecule has 0 aliphatic rings. The monoisotopic (exact) mass is 764 g/mol. The first-order chi connectivity index (χ1) is 26.1. The number of halogens is 2. The molecule has 0 aliphatic heterocycles. The number of aromatic nitrogens is 2. The maximum Gasteiger partial charge on any atom is 0.340 e. The highest BCUT2D eigenvalue weighted by Gasteiger charge is 2.36. The zero-order chi connectivity index (χ0) is 38.5. The highest BCUT2D eigenvalue weighted by atomic mass is 35.5. The van der Waals surface area contributed by atoms with Gasteiger partial charge in [-0.25, -0.2) is 19.2 Å². The second-order valence-electron chi connectivity index (χ2n) is 11.9. The molecule has 2 aromatic heterocycles. The topological polar surface area (TPSA) is 115 Å². The van der Waals surface area contributed by atoms with Crippen molar-refractivity contribution in [1.29, 1.82) is 0 Å². The van der Waals surface area contributed by atoms with Gasteiger partial charge in [0.1, 0.15) is 22.3 Å². The van der Waals surface area contributed by atoms with Gasteiger partial charge in [-0.3, -0.25) is 0 Å². The van der Waals surface area contributed by atoms with Crippen LogP contribution in [0.5, 0.6) is 0 Å². The Hall–Kier alpha value is -6.10. The molecule has 0 fully saturated rings. The number of nitrogens with zero attached hydrogens (tertiary/aromatic N) is 2. The molecule has 6 aromatic rings. The molecule has 4 aromatic carbocycles. The molecule has 0 N–H and O–H groups in total. The lowest BCUT2D eigenvalue weighted by molar-refractivity contribution is 0.0558. The smallest absolute Gasteiger partial charge is 0.340 e. The van der Waals surface area contributed by atoms with Crippen molar-refractivity contribution in [3.63, 3.8) is 0 Å². The molecule has 54 heavy (non-hydrogen) atoms. The summed E-state index contributed by atoms with van der Waals surface area (Å²) in [5.41, 5.74) is 3.82. The van der Waals surface area contributed by atoms with Crippen LogP contribution in [0.25, 0.3) is 45.0 Å². The normalized spacial score (nSPS) is 10.9. The molecule has 0 saturated heterocycles. The van der Waals surface area contributed by atoms with E-state index in [0.717, 1.165) is 0 Å². The standard InChI is InChI=1S/C42H34Cl2N2O8/c1-51-39(47)31-33(41(49)53-3)37(27-15-19-29(43)20-16-27)45(35(31)25-11-7-5-8-12-25)23-24-46-36(26-13-9-6-10-14-26)32(40(48)52-2)34(42(50)54-4)38(46)28-17-21-30(44)22-18-28/h5-22H,23-24H2,1-4H3. The predicted molar refractivity (Wildman–Crippen MR) is 206 cm³/mol. The Kier molecular flexibility index (Phi) is 11.4. The Bertz CT molecular complexity index is 2180. The van der Waals surface area contributed by atoms with Crippen LogP contribution in [-0.4, -0.2) is 61.5 Å². The molecule has 0 atom stereocenters. The van der Waals surface area contributed by atoms with Gasteiger partial charge in [-0.2, -0.15) is 0 Å². The fourth-order valence-corrected chi connectivity index (χ4v) is 6.95. The van der Waals surface area contributed by atoms with Crippen LogP contribution < -0.4 is 0 Å². The van der Waals surface area contributed by atoms with Gasteiger partial charge in [0.2, 0.25) is 0 Å². The quantitative estimate of drug-likeness (QED) is 0.0948. The van der Waals surface area contributed by atoms with Crippen LogP contribution in [0.1, 0.15) is 41.4 Å². The average molecular weight is 766 g/mol. The van der Waals surface area contributed by atoms with Crippen molar-refractivity contribution in [1.82, 2.24) is 9.13 Å². The average Bonchev–Trinajstić information content (AvgIpc) is 3.73. The maximum absolute atomic E-state index is 13.8. The molecule has 0 saturated carbocycles. The van der Waals surface area contributed by atoms with Crippen LogP contribution in [-0.2, 0) is 32.0 Å². The number of benzene rings is 4. The number of rotatable bonds is 11. The Morgan fingerprint density at radius 2 is 0.648 bits per heavy atom. The lowest BCUT2D eigenvalue weighted by Crippen LogP contribution is -2.13. The second kappa shape index (κ2) is 16.3. The van der Waals surface area contributed by atoms with E-state index in [4.69, 9.17) is 42.1 Å². The summed E-state index contributed by atoms with van der Waals surface area (Å²) >= 11 is 12.6. The fraction of sp³-hybridized carbons (Fsp3) is 0.143. The van der Waals surface area contributed by atoms with Gasteiger partial charge in [-0.1, -0.05) is 108 Å². The summed E-state index contributed by atoms with van der Waals surface area (Å²) in [7, 11) is 4.96. The first-order valence-corrected chi connectivity index (χ1v) is 17.4. The molecule has 0 aliphatic carbocycles. The van der Waals surface area contributed by atoms with Crippen molar-refractivity contribution < 1.29 is 38.1 Å². The van der Waals surface area contributed by atoms with Gasteiger partial charge < -0.3 is 28.1 Å². The third-order valence-corrected chi connectivity index (χ3v) is 9.47. The Morgan fingerprint density at radius 3 is 0.889 bits per heavy atom. The first kappa shape index (κ1) is 37.7. The van der Waals surface area contributed by atoms with E-state index in [2.05, 4.69) is 0 Å². The molecular formula is C42H34Cl2N2O8. The molecule has 0 bridgehead atoms. The van der Waals surface area contributed by atoms with E-state index < -0.39 is 23.9 Å². The van der Waals surface area contributed by atoms with Crippen LogP contribution in [0, 0.1) is 0 Å². The summed E-state index contributed by atoms with van der Waals surface area (Å²) in [4.78, 5) is 55.1. The number of carbonyl (C=O) groups is 4. The number of ether oxygens (including phenoxy) is 4. The van der Waals surface area contributed by atoms with Crippen molar-refractivity contribution in [3.8, 4) is 45.0 Å². The summed E-state index contributed by atoms with van der Waals surface area (Å²) in [5.74, 6) is -3.02. The highest BCUT2D eigenvalue weighted by Crippen LogP contribution is 2.42. The van der Waals surface area contributed by atoms with Crippen molar-refractivity contribution in [2.24, 2.45) is 0 Å². The van der Waals surface area contributed by atoms with Gasteiger partial charge in [-0.15, -0.1) is 0 Å². The summed E-state index contributed by atoms with van der Waals surface area (Å²) in [6.07, 6.45) is 0. The predicted octanol–water partition coefficient (Wildman–Crippen LogP) is 9.11. The van der Waals surface area contributed by atoms with Crippen LogP contribution in [0.3, 0.4) is 0 Å². The van der Waals surface area contributed by atoms with E-state index >= 15 is 0 Å². The zero-order valence-electron chi connectivity index (χ0n) is 29.7. The molecule has 0 spiro atoms. The molecule has 2 heterocycles. The zero-order valence-corrected chi connectivity index (χ0v) is 31.2. The number of methoxy groups -OCH3 is 4.